The molecule has 2 fully saturated rings. The molecule has 0 radical (unpaired) electrons. The van der Waals surface area contributed by atoms with E-state index < -0.39 is 0 Å². The van der Waals surface area contributed by atoms with Crippen LogP contribution in [0, 0.1) is 5.41 Å². The van der Waals surface area contributed by atoms with E-state index in [1.54, 1.807) is 5.56 Å². The molecule has 0 N–H and O–H groups in total. The van der Waals surface area contributed by atoms with Crippen LogP contribution in [-0.2, 0) is 6.42 Å². The van der Waals surface area contributed by atoms with Gasteiger partial charge in [0.1, 0.15) is 0 Å². The van der Waals surface area contributed by atoms with E-state index in [4.69, 9.17) is 0 Å². The first-order valence-electron chi connectivity index (χ1n) is 6.81. The highest BCUT2D eigenvalue weighted by atomic mass is 79.9. The second kappa shape index (κ2) is 3.50. The molecule has 1 heterocycles. The lowest BCUT2D eigenvalue weighted by atomic mass is 9.54. The summed E-state index contributed by atoms with van der Waals surface area (Å²) in [6.45, 7) is 1.24. The lowest BCUT2D eigenvalue weighted by Gasteiger charge is -2.57. The lowest BCUT2D eigenvalue weighted by molar-refractivity contribution is 0.00938. The molecule has 0 atom stereocenters. The Kier molecular flexibility index (Phi) is 2.15. The molecule has 2 aliphatic carbocycles. The minimum Gasteiger partial charge on any atom is -0.368 e. The minimum absolute atomic E-state index is 0.791. The number of halogens is 1. The van der Waals surface area contributed by atoms with Gasteiger partial charge < -0.3 is 4.90 Å². The Morgan fingerprint density at radius 3 is 2.76 bits per heavy atom. The maximum atomic E-state index is 3.60. The molecular formula is C15H18BrN. The molecule has 1 aromatic carbocycles. The van der Waals surface area contributed by atoms with Crippen LogP contribution in [0.1, 0.15) is 37.7 Å². The van der Waals surface area contributed by atoms with Gasteiger partial charge in [0.15, 0.2) is 0 Å². The van der Waals surface area contributed by atoms with Crippen molar-refractivity contribution in [3.8, 4) is 0 Å². The van der Waals surface area contributed by atoms with E-state index in [-0.39, 0.29) is 0 Å². The predicted octanol–water partition coefficient (Wildman–Crippen LogP) is 4.14. The van der Waals surface area contributed by atoms with Crippen molar-refractivity contribution in [2.45, 2.75) is 44.6 Å². The molecule has 0 amide bonds. The predicted molar refractivity (Wildman–Crippen MR) is 74.5 cm³/mol. The summed E-state index contributed by atoms with van der Waals surface area (Å²) in [6.07, 6.45) is 8.64. The van der Waals surface area contributed by atoms with Crippen molar-refractivity contribution in [2.75, 3.05) is 11.4 Å². The standard InChI is InChI=1S/C15H18BrN/c16-12-3-2-11-4-7-17(14(11)8-12)13-9-15(10-13)5-1-6-15/h2-3,8,13H,1,4-7,9-10H2. The van der Waals surface area contributed by atoms with Gasteiger partial charge in [-0.05, 0) is 55.2 Å². The monoisotopic (exact) mass is 291 g/mol. The Hall–Kier alpha value is -0.500. The average Bonchev–Trinajstić information content (AvgIpc) is 2.57. The smallest absolute Gasteiger partial charge is 0.0413 e. The second-order valence-corrected chi connectivity index (χ2v) is 7.05. The van der Waals surface area contributed by atoms with E-state index in [1.807, 2.05) is 0 Å². The van der Waals surface area contributed by atoms with E-state index in [9.17, 15) is 0 Å². The van der Waals surface area contributed by atoms with Gasteiger partial charge in [0, 0.05) is 22.7 Å². The number of hydrogen-bond acceptors (Lipinski definition) is 1. The first-order chi connectivity index (χ1) is 8.26. The van der Waals surface area contributed by atoms with E-state index in [0.717, 1.165) is 11.5 Å². The van der Waals surface area contributed by atoms with Crippen molar-refractivity contribution in [2.24, 2.45) is 5.41 Å². The average molecular weight is 292 g/mol. The summed E-state index contributed by atoms with van der Waals surface area (Å²) in [6, 6.07) is 7.62. The molecule has 0 unspecified atom stereocenters. The fourth-order valence-corrected chi connectivity index (χ4v) is 4.35. The van der Waals surface area contributed by atoms with Gasteiger partial charge in [-0.25, -0.2) is 0 Å². The van der Waals surface area contributed by atoms with Crippen molar-refractivity contribution in [3.63, 3.8) is 0 Å². The molecule has 0 saturated heterocycles. The van der Waals surface area contributed by atoms with Crippen LogP contribution in [0.15, 0.2) is 22.7 Å². The van der Waals surface area contributed by atoms with E-state index >= 15 is 0 Å². The first kappa shape index (κ1) is 10.4. The fourth-order valence-electron chi connectivity index (χ4n) is 4.00. The van der Waals surface area contributed by atoms with Crippen molar-refractivity contribution in [1.82, 2.24) is 0 Å². The van der Waals surface area contributed by atoms with Gasteiger partial charge in [-0.3, -0.25) is 0 Å². The number of rotatable bonds is 1. The van der Waals surface area contributed by atoms with Gasteiger partial charge in [0.2, 0.25) is 0 Å². The summed E-state index contributed by atoms with van der Waals surface area (Å²) in [5, 5.41) is 0. The van der Waals surface area contributed by atoms with Crippen LogP contribution in [0.2, 0.25) is 0 Å². The first-order valence-corrected chi connectivity index (χ1v) is 7.60. The Balaban J connectivity index is 1.56. The maximum Gasteiger partial charge on any atom is 0.0413 e. The molecule has 0 aromatic heterocycles. The zero-order valence-corrected chi connectivity index (χ0v) is 11.7. The summed E-state index contributed by atoms with van der Waals surface area (Å²) < 4.78 is 1.22. The Morgan fingerprint density at radius 1 is 1.24 bits per heavy atom. The van der Waals surface area contributed by atoms with Crippen LogP contribution < -0.4 is 4.90 Å². The molecule has 2 saturated carbocycles. The molecule has 90 valence electrons. The summed E-state index contributed by atoms with van der Waals surface area (Å²) in [4.78, 5) is 2.67. The molecule has 17 heavy (non-hydrogen) atoms. The van der Waals surface area contributed by atoms with Gasteiger partial charge in [0.05, 0.1) is 0 Å². The van der Waals surface area contributed by atoms with E-state index in [1.165, 1.54) is 55.2 Å². The molecule has 4 rings (SSSR count). The van der Waals surface area contributed by atoms with Gasteiger partial charge >= 0.3 is 0 Å². The van der Waals surface area contributed by atoms with Crippen LogP contribution in [0.4, 0.5) is 5.69 Å². The highest BCUT2D eigenvalue weighted by Gasteiger charge is 2.50. The van der Waals surface area contributed by atoms with E-state index in [2.05, 4.69) is 39.0 Å². The number of hydrogen-bond donors (Lipinski definition) is 0. The molecule has 1 aromatic rings. The Morgan fingerprint density at radius 2 is 2.06 bits per heavy atom. The molecule has 1 spiro atoms. The minimum atomic E-state index is 0.791. The maximum absolute atomic E-state index is 3.60. The molecule has 2 heteroatoms. The van der Waals surface area contributed by atoms with Crippen molar-refractivity contribution < 1.29 is 0 Å². The van der Waals surface area contributed by atoms with Crippen LogP contribution in [0.3, 0.4) is 0 Å². The zero-order valence-electron chi connectivity index (χ0n) is 10.1. The number of fused-ring (bicyclic) bond motifs is 1. The normalized spacial score (nSPS) is 25.6. The Labute approximate surface area is 111 Å². The number of benzene rings is 1. The van der Waals surface area contributed by atoms with E-state index in [0.29, 0.717) is 0 Å². The SMILES string of the molecule is Brc1ccc2c(c1)N(C1CC3(CCC3)C1)CC2. The lowest BCUT2D eigenvalue weighted by Crippen LogP contribution is -2.53. The summed E-state index contributed by atoms with van der Waals surface area (Å²) >= 11 is 3.60. The molecule has 1 aliphatic heterocycles. The topological polar surface area (TPSA) is 3.24 Å². The fraction of sp³-hybridized carbons (Fsp3) is 0.600. The second-order valence-electron chi connectivity index (χ2n) is 6.13. The van der Waals surface area contributed by atoms with Gasteiger partial charge in [0.25, 0.3) is 0 Å². The van der Waals surface area contributed by atoms with Crippen LogP contribution in [-0.4, -0.2) is 12.6 Å². The van der Waals surface area contributed by atoms with Crippen LogP contribution in [0.5, 0.6) is 0 Å². The Bertz CT molecular complexity index is 456. The summed E-state index contributed by atoms with van der Waals surface area (Å²) in [5.41, 5.74) is 3.83. The largest absolute Gasteiger partial charge is 0.368 e. The summed E-state index contributed by atoms with van der Waals surface area (Å²) in [7, 11) is 0. The number of anilines is 1. The van der Waals surface area contributed by atoms with Gasteiger partial charge in [-0.15, -0.1) is 0 Å². The number of nitrogens with zero attached hydrogens (tertiary/aromatic N) is 1. The molecule has 0 bridgehead atoms. The van der Waals surface area contributed by atoms with Gasteiger partial charge in [-0.2, -0.15) is 0 Å². The zero-order chi connectivity index (χ0) is 11.5. The van der Waals surface area contributed by atoms with Crippen LogP contribution >= 0.6 is 15.9 Å². The highest BCUT2D eigenvalue weighted by molar-refractivity contribution is 9.10. The molecular weight excluding hydrogens is 274 g/mol. The third-order valence-corrected chi connectivity index (χ3v) is 5.66. The molecule has 1 nitrogen and oxygen atoms in total. The molecule has 3 aliphatic rings. The third kappa shape index (κ3) is 1.49. The van der Waals surface area contributed by atoms with Crippen molar-refractivity contribution in [3.05, 3.63) is 28.2 Å². The van der Waals surface area contributed by atoms with Crippen LogP contribution in [0.25, 0.3) is 0 Å². The van der Waals surface area contributed by atoms with Crippen molar-refractivity contribution in [1.29, 1.82) is 0 Å². The van der Waals surface area contributed by atoms with Gasteiger partial charge in [-0.1, -0.05) is 28.4 Å². The quantitative estimate of drug-likeness (QED) is 0.752. The summed E-state index contributed by atoms with van der Waals surface area (Å²) in [5.74, 6) is 0. The van der Waals surface area contributed by atoms with Crippen molar-refractivity contribution >= 4 is 21.6 Å². The highest BCUT2D eigenvalue weighted by Crippen LogP contribution is 2.58. The third-order valence-electron chi connectivity index (χ3n) is 5.17.